The normalized spacial score (nSPS) is 21.0. The van der Waals surface area contributed by atoms with Gasteiger partial charge in [0.25, 0.3) is 0 Å². The molecule has 1 fully saturated rings. The second kappa shape index (κ2) is 6.80. The summed E-state index contributed by atoms with van der Waals surface area (Å²) in [6.07, 6.45) is 1.68. The van der Waals surface area contributed by atoms with Crippen molar-refractivity contribution in [2.24, 2.45) is 0 Å². The van der Waals surface area contributed by atoms with E-state index in [9.17, 15) is 4.79 Å². The van der Waals surface area contributed by atoms with Gasteiger partial charge in [-0.3, -0.25) is 4.79 Å². The van der Waals surface area contributed by atoms with Gasteiger partial charge in [0.05, 0.1) is 0 Å². The molecule has 1 heterocycles. The van der Waals surface area contributed by atoms with E-state index < -0.39 is 0 Å². The molecule has 2 N–H and O–H groups in total. The fraction of sp³-hybridized carbons (Fsp3) is 0.909. The summed E-state index contributed by atoms with van der Waals surface area (Å²) in [6.45, 7) is 9.59. The minimum atomic E-state index is 0.200. The van der Waals surface area contributed by atoms with Gasteiger partial charge in [-0.1, -0.05) is 13.8 Å². The standard InChI is InChI=1S/C11H23N3O/c1-3-14(4-2)8-7-12-9-10-5-6-11(15)13-10/h10,12H,3-9H2,1-2H3,(H,13,15). The van der Waals surface area contributed by atoms with Crippen LogP contribution in [-0.2, 0) is 4.79 Å². The van der Waals surface area contributed by atoms with Crippen LogP contribution in [0.5, 0.6) is 0 Å². The molecule has 15 heavy (non-hydrogen) atoms. The second-order valence-corrected chi connectivity index (χ2v) is 4.03. The average molecular weight is 213 g/mol. The fourth-order valence-electron chi connectivity index (χ4n) is 1.88. The third-order valence-electron chi connectivity index (χ3n) is 2.97. The molecule has 1 atom stereocenters. The molecule has 1 unspecified atom stereocenters. The lowest BCUT2D eigenvalue weighted by molar-refractivity contribution is -0.119. The lowest BCUT2D eigenvalue weighted by atomic mass is 10.2. The Bertz CT molecular complexity index is 192. The first-order valence-corrected chi connectivity index (χ1v) is 5.98. The molecule has 1 aliphatic heterocycles. The Hall–Kier alpha value is -0.610. The van der Waals surface area contributed by atoms with Crippen LogP contribution < -0.4 is 10.6 Å². The Labute approximate surface area is 92.4 Å². The van der Waals surface area contributed by atoms with E-state index >= 15 is 0 Å². The van der Waals surface area contributed by atoms with Crippen molar-refractivity contribution in [1.29, 1.82) is 0 Å². The molecule has 1 amide bonds. The van der Waals surface area contributed by atoms with E-state index in [0.717, 1.165) is 39.1 Å². The van der Waals surface area contributed by atoms with Crippen molar-refractivity contribution in [2.75, 3.05) is 32.7 Å². The summed E-state index contributed by atoms with van der Waals surface area (Å²) in [5.74, 6) is 0.200. The van der Waals surface area contributed by atoms with Gasteiger partial charge >= 0.3 is 0 Å². The van der Waals surface area contributed by atoms with Crippen LogP contribution in [0.3, 0.4) is 0 Å². The van der Waals surface area contributed by atoms with Crippen LogP contribution in [0.25, 0.3) is 0 Å². The van der Waals surface area contributed by atoms with Crippen LogP contribution in [0.1, 0.15) is 26.7 Å². The molecule has 1 rings (SSSR count). The van der Waals surface area contributed by atoms with E-state index in [4.69, 9.17) is 0 Å². The smallest absolute Gasteiger partial charge is 0.220 e. The van der Waals surface area contributed by atoms with E-state index in [-0.39, 0.29) is 5.91 Å². The van der Waals surface area contributed by atoms with E-state index in [1.165, 1.54) is 0 Å². The van der Waals surface area contributed by atoms with Gasteiger partial charge in [-0.25, -0.2) is 0 Å². The molecule has 4 nitrogen and oxygen atoms in total. The zero-order valence-electron chi connectivity index (χ0n) is 9.88. The van der Waals surface area contributed by atoms with E-state index in [1.54, 1.807) is 0 Å². The van der Waals surface area contributed by atoms with Gasteiger partial charge < -0.3 is 15.5 Å². The van der Waals surface area contributed by atoms with Gasteiger partial charge in [0, 0.05) is 32.1 Å². The highest BCUT2D eigenvalue weighted by atomic mass is 16.1. The molecule has 0 aromatic rings. The first kappa shape index (κ1) is 12.5. The van der Waals surface area contributed by atoms with Crippen LogP contribution in [0.2, 0.25) is 0 Å². The predicted molar refractivity (Wildman–Crippen MR) is 61.8 cm³/mol. The number of amides is 1. The Morgan fingerprint density at radius 2 is 2.20 bits per heavy atom. The topological polar surface area (TPSA) is 44.4 Å². The quantitative estimate of drug-likeness (QED) is 0.594. The van der Waals surface area contributed by atoms with Crippen molar-refractivity contribution in [1.82, 2.24) is 15.5 Å². The SMILES string of the molecule is CCN(CC)CCNCC1CCC(=O)N1. The molecule has 0 radical (unpaired) electrons. The van der Waals surface area contributed by atoms with Crippen molar-refractivity contribution < 1.29 is 4.79 Å². The summed E-state index contributed by atoms with van der Waals surface area (Å²) in [4.78, 5) is 13.3. The molecule has 1 aliphatic rings. The van der Waals surface area contributed by atoms with Crippen molar-refractivity contribution in [3.63, 3.8) is 0 Å². The highest BCUT2D eigenvalue weighted by Gasteiger charge is 2.19. The highest BCUT2D eigenvalue weighted by molar-refractivity contribution is 5.78. The molecule has 0 aromatic heterocycles. The van der Waals surface area contributed by atoms with Crippen molar-refractivity contribution in [3.8, 4) is 0 Å². The number of hydrogen-bond acceptors (Lipinski definition) is 3. The molecule has 0 bridgehead atoms. The summed E-state index contributed by atoms with van der Waals surface area (Å²) in [7, 11) is 0. The summed E-state index contributed by atoms with van der Waals surface area (Å²) in [6, 6.07) is 0.356. The minimum absolute atomic E-state index is 0.200. The molecule has 0 aromatic carbocycles. The van der Waals surface area contributed by atoms with Gasteiger partial charge in [0.1, 0.15) is 0 Å². The van der Waals surface area contributed by atoms with Crippen LogP contribution in [0.4, 0.5) is 0 Å². The minimum Gasteiger partial charge on any atom is -0.352 e. The predicted octanol–water partition coefficient (Wildman–Crippen LogP) is 0.196. The maximum atomic E-state index is 10.9. The number of hydrogen-bond donors (Lipinski definition) is 2. The average Bonchev–Trinajstić information content (AvgIpc) is 2.65. The summed E-state index contributed by atoms with van der Waals surface area (Å²) < 4.78 is 0. The van der Waals surface area contributed by atoms with Crippen LogP contribution in [0.15, 0.2) is 0 Å². The number of carbonyl (C=O) groups is 1. The summed E-state index contributed by atoms with van der Waals surface area (Å²) in [5.41, 5.74) is 0. The highest BCUT2D eigenvalue weighted by Crippen LogP contribution is 2.04. The largest absolute Gasteiger partial charge is 0.352 e. The monoisotopic (exact) mass is 213 g/mol. The number of rotatable bonds is 7. The van der Waals surface area contributed by atoms with Crippen molar-refractivity contribution in [2.45, 2.75) is 32.7 Å². The second-order valence-electron chi connectivity index (χ2n) is 4.03. The lowest BCUT2D eigenvalue weighted by Crippen LogP contribution is -2.39. The van der Waals surface area contributed by atoms with Gasteiger partial charge in [0.2, 0.25) is 5.91 Å². The molecule has 88 valence electrons. The fourth-order valence-corrected chi connectivity index (χ4v) is 1.88. The van der Waals surface area contributed by atoms with Crippen LogP contribution in [0, 0.1) is 0 Å². The summed E-state index contributed by atoms with van der Waals surface area (Å²) >= 11 is 0. The number of nitrogens with zero attached hydrogens (tertiary/aromatic N) is 1. The molecule has 1 saturated heterocycles. The molecular formula is C11H23N3O. The maximum Gasteiger partial charge on any atom is 0.220 e. The zero-order valence-corrected chi connectivity index (χ0v) is 9.88. The van der Waals surface area contributed by atoms with Gasteiger partial charge in [-0.2, -0.15) is 0 Å². The van der Waals surface area contributed by atoms with E-state index in [2.05, 4.69) is 29.4 Å². The van der Waals surface area contributed by atoms with Crippen LogP contribution in [-0.4, -0.2) is 49.6 Å². The number of likely N-dealkylation sites (N-methyl/N-ethyl adjacent to an activating group) is 1. The number of nitrogens with one attached hydrogen (secondary N) is 2. The molecule has 4 heteroatoms. The summed E-state index contributed by atoms with van der Waals surface area (Å²) in [5, 5.41) is 6.35. The lowest BCUT2D eigenvalue weighted by Gasteiger charge is -2.19. The Kier molecular flexibility index (Phi) is 5.65. The Morgan fingerprint density at radius 3 is 2.73 bits per heavy atom. The first-order valence-electron chi connectivity index (χ1n) is 5.98. The molecule has 0 saturated carbocycles. The van der Waals surface area contributed by atoms with Crippen LogP contribution >= 0.6 is 0 Å². The Balaban J connectivity index is 1.99. The maximum absolute atomic E-state index is 10.9. The third kappa shape index (κ3) is 4.62. The molecule has 0 aliphatic carbocycles. The van der Waals surface area contributed by atoms with E-state index in [1.807, 2.05) is 0 Å². The third-order valence-corrected chi connectivity index (χ3v) is 2.97. The first-order chi connectivity index (χ1) is 7.26. The Morgan fingerprint density at radius 1 is 1.47 bits per heavy atom. The van der Waals surface area contributed by atoms with E-state index in [0.29, 0.717) is 12.5 Å². The van der Waals surface area contributed by atoms with Crippen molar-refractivity contribution >= 4 is 5.91 Å². The van der Waals surface area contributed by atoms with Crippen molar-refractivity contribution in [3.05, 3.63) is 0 Å². The molecule has 0 spiro atoms. The van der Waals surface area contributed by atoms with Gasteiger partial charge in [-0.05, 0) is 19.5 Å². The van der Waals surface area contributed by atoms with Gasteiger partial charge in [0.15, 0.2) is 0 Å². The van der Waals surface area contributed by atoms with Gasteiger partial charge in [-0.15, -0.1) is 0 Å². The zero-order chi connectivity index (χ0) is 11.1. The molecular weight excluding hydrogens is 190 g/mol. The number of carbonyl (C=O) groups excluding carboxylic acids is 1.